The van der Waals surface area contributed by atoms with E-state index < -0.39 is 0 Å². The van der Waals surface area contributed by atoms with Gasteiger partial charge >= 0.3 is 0 Å². The smallest absolute Gasteiger partial charge is 0.239 e. The zero-order chi connectivity index (χ0) is 12.3. The van der Waals surface area contributed by atoms with Gasteiger partial charge in [0.25, 0.3) is 0 Å². The molecule has 1 rings (SSSR count). The van der Waals surface area contributed by atoms with Gasteiger partial charge in [0, 0.05) is 15.5 Å². The minimum atomic E-state index is -0.213. The van der Waals surface area contributed by atoms with Crippen LogP contribution < -0.4 is 5.32 Å². The van der Waals surface area contributed by atoms with Gasteiger partial charge in [-0.2, -0.15) is 0 Å². The maximum atomic E-state index is 11.7. The molecule has 0 fully saturated rings. The van der Waals surface area contributed by atoms with E-state index in [0.717, 1.165) is 21.3 Å². The number of carbonyl (C=O) groups excluding carboxylic acids is 1. The van der Waals surface area contributed by atoms with Crippen molar-refractivity contribution in [1.29, 1.82) is 0 Å². The van der Waals surface area contributed by atoms with Crippen molar-refractivity contribution in [3.63, 3.8) is 0 Å². The summed E-state index contributed by atoms with van der Waals surface area (Å²) in [5, 5.41) is 3.51. The summed E-state index contributed by atoms with van der Waals surface area (Å²) in [6.45, 7) is 3.95. The summed E-state index contributed by atoms with van der Waals surface area (Å²) >= 11 is 9.98. The van der Waals surface area contributed by atoms with Crippen molar-refractivity contribution in [3.05, 3.63) is 27.7 Å². The van der Waals surface area contributed by atoms with Crippen LogP contribution in [0.2, 0.25) is 0 Å². The van der Waals surface area contributed by atoms with Gasteiger partial charge in [-0.3, -0.25) is 4.79 Å². The molecule has 0 saturated heterocycles. The third-order valence-corrected chi connectivity index (χ3v) is 4.88. The van der Waals surface area contributed by atoms with Gasteiger partial charge in [-0.1, -0.05) is 47.8 Å². The second-order valence-corrected chi connectivity index (χ2v) is 6.19. The van der Waals surface area contributed by atoms with Crippen LogP contribution in [0.25, 0.3) is 0 Å². The first-order valence-electron chi connectivity index (χ1n) is 4.73. The van der Waals surface area contributed by atoms with Crippen LogP contribution in [0.4, 0.5) is 5.69 Å². The molecule has 1 amide bonds. The highest BCUT2D eigenvalue weighted by molar-refractivity contribution is 9.12. The quantitative estimate of drug-likeness (QED) is 0.740. The summed E-state index contributed by atoms with van der Waals surface area (Å²) in [5.74, 6) is -0.0367. The molecule has 0 aliphatic carbocycles. The normalized spacial score (nSPS) is 12.3. The van der Waals surface area contributed by atoms with Crippen LogP contribution in [0, 0.1) is 13.8 Å². The first-order valence-corrected chi connectivity index (χ1v) is 7.56. The van der Waals surface area contributed by atoms with E-state index in [0.29, 0.717) is 5.33 Å². The molecule has 0 heterocycles. The lowest BCUT2D eigenvalue weighted by Crippen LogP contribution is -2.24. The van der Waals surface area contributed by atoms with Gasteiger partial charge in [0.2, 0.25) is 5.91 Å². The Morgan fingerprint density at radius 1 is 1.38 bits per heavy atom. The minimum absolute atomic E-state index is 0.0367. The molecule has 16 heavy (non-hydrogen) atoms. The standard InChI is InChI=1S/C11H12Br3NO/c1-6-3-8(13)4-7(2)10(6)15-11(16)9(14)5-12/h3-4,9H,5H2,1-2H3,(H,15,16). The summed E-state index contributed by atoms with van der Waals surface area (Å²) < 4.78 is 1.02. The van der Waals surface area contributed by atoms with E-state index in [1.54, 1.807) is 0 Å². The molecule has 0 aliphatic rings. The monoisotopic (exact) mass is 411 g/mol. The third-order valence-electron chi connectivity index (χ3n) is 2.17. The summed E-state index contributed by atoms with van der Waals surface area (Å²) in [6.07, 6.45) is 0. The predicted molar refractivity (Wildman–Crippen MR) is 78.8 cm³/mol. The third kappa shape index (κ3) is 3.57. The number of nitrogens with one attached hydrogen (secondary N) is 1. The van der Waals surface area contributed by atoms with Crippen LogP contribution in [-0.2, 0) is 4.79 Å². The number of halogens is 3. The lowest BCUT2D eigenvalue weighted by molar-refractivity contribution is -0.115. The zero-order valence-electron chi connectivity index (χ0n) is 8.98. The van der Waals surface area contributed by atoms with Gasteiger partial charge in [0.05, 0.1) is 0 Å². The molecule has 1 aromatic rings. The average Bonchev–Trinajstić information content (AvgIpc) is 2.21. The van der Waals surface area contributed by atoms with Gasteiger partial charge < -0.3 is 5.32 Å². The van der Waals surface area contributed by atoms with Crippen LogP contribution in [0.15, 0.2) is 16.6 Å². The molecule has 88 valence electrons. The SMILES string of the molecule is Cc1cc(Br)cc(C)c1NC(=O)C(Br)CBr. The Morgan fingerprint density at radius 3 is 2.31 bits per heavy atom. The predicted octanol–water partition coefficient (Wildman–Crippen LogP) is 4.16. The molecule has 0 radical (unpaired) electrons. The highest BCUT2D eigenvalue weighted by Gasteiger charge is 2.15. The first kappa shape index (κ1) is 14.2. The van der Waals surface area contributed by atoms with Crippen LogP contribution >= 0.6 is 47.8 Å². The second kappa shape index (κ2) is 6.17. The van der Waals surface area contributed by atoms with E-state index in [1.807, 2.05) is 26.0 Å². The van der Waals surface area contributed by atoms with Crippen LogP contribution in [0.3, 0.4) is 0 Å². The lowest BCUT2D eigenvalue weighted by Gasteiger charge is -2.14. The molecule has 0 aromatic heterocycles. The van der Waals surface area contributed by atoms with Crippen molar-refractivity contribution in [2.75, 3.05) is 10.6 Å². The van der Waals surface area contributed by atoms with Crippen LogP contribution in [0.1, 0.15) is 11.1 Å². The molecule has 2 nitrogen and oxygen atoms in total. The molecular weight excluding hydrogens is 402 g/mol. The van der Waals surface area contributed by atoms with E-state index in [-0.39, 0.29) is 10.7 Å². The molecule has 1 unspecified atom stereocenters. The molecule has 5 heteroatoms. The van der Waals surface area contributed by atoms with Gasteiger partial charge in [0.1, 0.15) is 4.83 Å². The lowest BCUT2D eigenvalue weighted by atomic mass is 10.1. The number of anilines is 1. The molecule has 0 spiro atoms. The Morgan fingerprint density at radius 2 is 1.88 bits per heavy atom. The Bertz CT molecular complexity index is 383. The number of carbonyl (C=O) groups is 1. The van der Waals surface area contributed by atoms with Crippen molar-refractivity contribution < 1.29 is 4.79 Å². The maximum absolute atomic E-state index is 11.7. The Kier molecular flexibility index (Phi) is 5.47. The molecule has 1 atom stereocenters. The number of benzene rings is 1. The number of aryl methyl sites for hydroxylation is 2. The number of alkyl halides is 2. The van der Waals surface area contributed by atoms with Gasteiger partial charge in [-0.05, 0) is 37.1 Å². The fourth-order valence-corrected chi connectivity index (χ4v) is 2.47. The molecule has 0 aliphatic heterocycles. The molecule has 1 N–H and O–H groups in total. The number of amides is 1. The van der Waals surface area contributed by atoms with Crippen molar-refractivity contribution in [2.45, 2.75) is 18.7 Å². The van der Waals surface area contributed by atoms with Crippen molar-refractivity contribution in [2.24, 2.45) is 0 Å². The number of hydrogen-bond acceptors (Lipinski definition) is 1. The number of rotatable bonds is 3. The van der Waals surface area contributed by atoms with E-state index in [2.05, 4.69) is 53.1 Å². The van der Waals surface area contributed by atoms with Crippen molar-refractivity contribution in [3.8, 4) is 0 Å². The summed E-state index contributed by atoms with van der Waals surface area (Å²) in [7, 11) is 0. The fourth-order valence-electron chi connectivity index (χ4n) is 1.38. The van der Waals surface area contributed by atoms with E-state index in [1.165, 1.54) is 0 Å². The maximum Gasteiger partial charge on any atom is 0.239 e. The van der Waals surface area contributed by atoms with Crippen LogP contribution in [-0.4, -0.2) is 16.1 Å². The Labute approximate surface area is 121 Å². The highest BCUT2D eigenvalue weighted by atomic mass is 79.9. The van der Waals surface area contributed by atoms with Crippen molar-refractivity contribution in [1.82, 2.24) is 0 Å². The average molecular weight is 414 g/mol. The zero-order valence-corrected chi connectivity index (χ0v) is 13.7. The van der Waals surface area contributed by atoms with Crippen molar-refractivity contribution >= 4 is 59.4 Å². The van der Waals surface area contributed by atoms with E-state index >= 15 is 0 Å². The summed E-state index contributed by atoms with van der Waals surface area (Å²) in [5.41, 5.74) is 2.99. The molecular formula is C11H12Br3NO. The minimum Gasteiger partial charge on any atom is -0.325 e. The summed E-state index contributed by atoms with van der Waals surface area (Å²) in [6, 6.07) is 3.97. The van der Waals surface area contributed by atoms with E-state index in [4.69, 9.17) is 0 Å². The number of hydrogen-bond donors (Lipinski definition) is 1. The molecule has 0 saturated carbocycles. The first-order chi connectivity index (χ1) is 7.45. The second-order valence-electron chi connectivity index (χ2n) is 3.53. The van der Waals surface area contributed by atoms with Gasteiger partial charge in [-0.15, -0.1) is 0 Å². The van der Waals surface area contributed by atoms with Gasteiger partial charge in [-0.25, -0.2) is 0 Å². The van der Waals surface area contributed by atoms with Gasteiger partial charge in [0.15, 0.2) is 0 Å². The Hall–Kier alpha value is 0.130. The fraction of sp³-hybridized carbons (Fsp3) is 0.364. The molecule has 0 bridgehead atoms. The summed E-state index contributed by atoms with van der Waals surface area (Å²) in [4.78, 5) is 11.5. The molecule has 1 aromatic carbocycles. The highest BCUT2D eigenvalue weighted by Crippen LogP contribution is 2.25. The Balaban J connectivity index is 2.93. The largest absolute Gasteiger partial charge is 0.325 e. The van der Waals surface area contributed by atoms with Crippen LogP contribution in [0.5, 0.6) is 0 Å². The topological polar surface area (TPSA) is 29.1 Å². The van der Waals surface area contributed by atoms with E-state index in [9.17, 15) is 4.79 Å².